The van der Waals surface area contributed by atoms with E-state index in [2.05, 4.69) is 73.9 Å². The monoisotopic (exact) mass is 683 g/mol. The predicted molar refractivity (Wildman–Crippen MR) is 203 cm³/mol. The minimum absolute atomic E-state index is 0.243. The summed E-state index contributed by atoms with van der Waals surface area (Å²) in [6.45, 7) is 2.46. The van der Waals surface area contributed by atoms with E-state index in [-0.39, 0.29) is 5.75 Å². The van der Waals surface area contributed by atoms with Crippen molar-refractivity contribution in [2.75, 3.05) is 58.1 Å². The van der Waals surface area contributed by atoms with E-state index in [1.54, 1.807) is 12.1 Å². The molecule has 2 heterocycles. The number of benzene rings is 4. The first-order chi connectivity index (χ1) is 25.1. The molecule has 14 nitrogen and oxygen atoms in total. The lowest BCUT2D eigenvalue weighted by molar-refractivity contribution is 0.475. The van der Waals surface area contributed by atoms with Crippen LogP contribution in [-0.2, 0) is 12.8 Å². The highest BCUT2D eigenvalue weighted by Gasteiger charge is 2.10. The normalized spacial score (nSPS) is 10.7. The number of aromatic hydroxyl groups is 1. The molecule has 2 aromatic heterocycles. The van der Waals surface area contributed by atoms with Gasteiger partial charge >= 0.3 is 0 Å². The molecule has 260 valence electrons. The Hall–Kier alpha value is -6.54. The molecule has 0 spiro atoms. The number of nitrogens with two attached hydrogens (primary N) is 1. The van der Waals surface area contributed by atoms with Gasteiger partial charge in [-0.05, 0) is 85.5 Å². The van der Waals surface area contributed by atoms with E-state index in [9.17, 15) is 5.11 Å². The minimum atomic E-state index is 0.243. The Morgan fingerprint density at radius 1 is 0.431 bits per heavy atom. The molecule has 0 radical (unpaired) electrons. The third kappa shape index (κ3) is 11.0. The molecule has 0 saturated heterocycles. The van der Waals surface area contributed by atoms with Crippen molar-refractivity contribution in [3.8, 4) is 5.75 Å². The lowest BCUT2D eigenvalue weighted by atomic mass is 10.1. The first kappa shape index (κ1) is 34.3. The molecule has 4 aromatic carbocycles. The van der Waals surface area contributed by atoms with Crippen LogP contribution in [0.25, 0.3) is 0 Å². The SMILES string of the molecule is NCCCNc1nc(NCCc2ccc(Nc3nc(NCCc4ccc(O)cc4)nc(Nc4ccccc4)n3)cc2)nc(Nc2ccccc2)n1. The molecule has 0 bridgehead atoms. The summed E-state index contributed by atoms with van der Waals surface area (Å²) < 4.78 is 0. The zero-order valence-electron chi connectivity index (χ0n) is 28.0. The standard InChI is InChI=1S/C37H41N13O/c38-22-7-23-39-32-45-33(47-35(46-32)42-28-8-3-1-4-9-28)40-24-20-26-12-16-30(17-13-26)44-37-49-34(41-25-21-27-14-18-31(51)19-15-27)48-36(50-37)43-29-10-5-2-6-11-29/h1-6,8-19,51H,7,20-25,38H2,(H3,39,40,42,45,46,47)(H3,41,43,44,48,49,50). The minimum Gasteiger partial charge on any atom is -0.508 e. The fourth-order valence-electron chi connectivity index (χ4n) is 4.94. The van der Waals surface area contributed by atoms with Crippen LogP contribution in [0.4, 0.5) is 52.8 Å². The third-order valence-electron chi connectivity index (χ3n) is 7.53. The van der Waals surface area contributed by atoms with Crippen molar-refractivity contribution in [3.05, 3.63) is 120 Å². The van der Waals surface area contributed by atoms with Gasteiger partial charge in [-0.15, -0.1) is 0 Å². The molecule has 0 aliphatic carbocycles. The van der Waals surface area contributed by atoms with E-state index in [1.165, 1.54) is 0 Å². The Morgan fingerprint density at radius 2 is 0.804 bits per heavy atom. The molecule has 0 aliphatic rings. The van der Waals surface area contributed by atoms with Crippen LogP contribution >= 0.6 is 0 Å². The van der Waals surface area contributed by atoms with Gasteiger partial charge < -0.3 is 42.7 Å². The number of anilines is 9. The highest BCUT2D eigenvalue weighted by atomic mass is 16.3. The van der Waals surface area contributed by atoms with Crippen LogP contribution in [-0.4, -0.2) is 61.2 Å². The van der Waals surface area contributed by atoms with Crippen LogP contribution in [0.1, 0.15) is 17.5 Å². The smallest absolute Gasteiger partial charge is 0.233 e. The Kier molecular flexibility index (Phi) is 11.9. The van der Waals surface area contributed by atoms with Crippen molar-refractivity contribution in [1.29, 1.82) is 0 Å². The highest BCUT2D eigenvalue weighted by Crippen LogP contribution is 2.20. The van der Waals surface area contributed by atoms with E-state index in [0.717, 1.165) is 47.5 Å². The fourth-order valence-corrected chi connectivity index (χ4v) is 4.94. The molecule has 9 N–H and O–H groups in total. The highest BCUT2D eigenvalue weighted by molar-refractivity contribution is 5.60. The van der Waals surface area contributed by atoms with Crippen LogP contribution < -0.4 is 37.6 Å². The Balaban J connectivity index is 1.08. The quantitative estimate of drug-likeness (QED) is 0.0487. The van der Waals surface area contributed by atoms with Crippen LogP contribution in [0, 0.1) is 0 Å². The average molecular weight is 684 g/mol. The number of phenols is 1. The van der Waals surface area contributed by atoms with Gasteiger partial charge in [0.25, 0.3) is 0 Å². The summed E-state index contributed by atoms with van der Waals surface area (Å²) >= 11 is 0. The summed E-state index contributed by atoms with van der Waals surface area (Å²) in [5.74, 6) is 2.88. The maximum absolute atomic E-state index is 9.57. The average Bonchev–Trinajstić information content (AvgIpc) is 3.14. The van der Waals surface area contributed by atoms with Gasteiger partial charge in [-0.25, -0.2) is 0 Å². The maximum atomic E-state index is 9.57. The van der Waals surface area contributed by atoms with Crippen molar-refractivity contribution in [2.45, 2.75) is 19.3 Å². The van der Waals surface area contributed by atoms with E-state index >= 15 is 0 Å². The van der Waals surface area contributed by atoms with Gasteiger partial charge in [-0.2, -0.15) is 29.9 Å². The van der Waals surface area contributed by atoms with Crippen molar-refractivity contribution >= 4 is 52.8 Å². The van der Waals surface area contributed by atoms with Gasteiger partial charge in [-0.3, -0.25) is 0 Å². The maximum Gasteiger partial charge on any atom is 0.233 e. The number of nitrogens with one attached hydrogen (secondary N) is 6. The molecule has 0 atom stereocenters. The molecule has 6 aromatic rings. The molecule has 51 heavy (non-hydrogen) atoms. The topological polar surface area (TPSA) is 196 Å². The molecule has 0 aliphatic heterocycles. The summed E-state index contributed by atoms with van der Waals surface area (Å²) in [5, 5.41) is 29.2. The molecule has 0 amide bonds. The van der Waals surface area contributed by atoms with Gasteiger partial charge in [-0.1, -0.05) is 60.7 Å². The summed E-state index contributed by atoms with van der Waals surface area (Å²) in [7, 11) is 0. The van der Waals surface area contributed by atoms with Crippen molar-refractivity contribution < 1.29 is 5.11 Å². The van der Waals surface area contributed by atoms with Crippen molar-refractivity contribution in [3.63, 3.8) is 0 Å². The zero-order valence-corrected chi connectivity index (χ0v) is 28.0. The first-order valence-electron chi connectivity index (χ1n) is 16.8. The van der Waals surface area contributed by atoms with Crippen molar-refractivity contribution in [1.82, 2.24) is 29.9 Å². The molecule has 0 fully saturated rings. The second-order valence-electron chi connectivity index (χ2n) is 11.5. The van der Waals surface area contributed by atoms with Gasteiger partial charge in [0, 0.05) is 36.7 Å². The number of aromatic nitrogens is 6. The molecule has 0 unspecified atom stereocenters. The third-order valence-corrected chi connectivity index (χ3v) is 7.53. The summed E-state index contributed by atoms with van der Waals surface area (Å²) in [6.07, 6.45) is 2.29. The van der Waals surface area contributed by atoms with Crippen LogP contribution in [0.15, 0.2) is 109 Å². The van der Waals surface area contributed by atoms with E-state index < -0.39 is 0 Å². The second kappa shape index (κ2) is 17.7. The van der Waals surface area contributed by atoms with Gasteiger partial charge in [0.05, 0.1) is 0 Å². The van der Waals surface area contributed by atoms with Gasteiger partial charge in [0.1, 0.15) is 5.75 Å². The second-order valence-corrected chi connectivity index (χ2v) is 11.5. The fraction of sp³-hybridized carbons (Fsp3) is 0.189. The van der Waals surface area contributed by atoms with Crippen molar-refractivity contribution in [2.24, 2.45) is 5.73 Å². The molecular weight excluding hydrogens is 642 g/mol. The van der Waals surface area contributed by atoms with Crippen LogP contribution in [0.5, 0.6) is 5.75 Å². The lowest BCUT2D eigenvalue weighted by Crippen LogP contribution is -2.14. The first-order valence-corrected chi connectivity index (χ1v) is 16.8. The van der Waals surface area contributed by atoms with E-state index in [1.807, 2.05) is 84.9 Å². The number of para-hydroxylation sites is 2. The number of hydrogen-bond acceptors (Lipinski definition) is 14. The number of phenolic OH excluding ortho intramolecular Hbond substituents is 1. The number of rotatable bonds is 18. The zero-order chi connectivity index (χ0) is 35.1. The van der Waals surface area contributed by atoms with Crippen LogP contribution in [0.2, 0.25) is 0 Å². The molecular formula is C37H41N13O. The Bertz CT molecular complexity index is 1950. The van der Waals surface area contributed by atoms with Gasteiger partial charge in [0.15, 0.2) is 0 Å². The van der Waals surface area contributed by atoms with Crippen LogP contribution in [0.3, 0.4) is 0 Å². The number of hydrogen-bond donors (Lipinski definition) is 8. The summed E-state index contributed by atoms with van der Waals surface area (Å²) in [5.41, 5.74) is 10.5. The molecule has 14 heteroatoms. The largest absolute Gasteiger partial charge is 0.508 e. The molecule has 0 saturated carbocycles. The molecule has 6 rings (SSSR count). The Labute approximate surface area is 296 Å². The van der Waals surface area contributed by atoms with Gasteiger partial charge in [0.2, 0.25) is 35.7 Å². The van der Waals surface area contributed by atoms with E-state index in [0.29, 0.717) is 61.9 Å². The predicted octanol–water partition coefficient (Wildman–Crippen LogP) is 6.06. The summed E-state index contributed by atoms with van der Waals surface area (Å²) in [6, 6.07) is 34.7. The lowest BCUT2D eigenvalue weighted by Gasteiger charge is -2.12. The number of nitrogens with zero attached hydrogens (tertiary/aromatic N) is 6. The summed E-state index contributed by atoms with van der Waals surface area (Å²) in [4.78, 5) is 27.4. The Morgan fingerprint density at radius 3 is 1.25 bits per heavy atom. The van der Waals surface area contributed by atoms with E-state index in [4.69, 9.17) is 5.73 Å².